The highest BCUT2D eigenvalue weighted by molar-refractivity contribution is 5.23. The first kappa shape index (κ1) is 7.63. The summed E-state index contributed by atoms with van der Waals surface area (Å²) >= 11 is 0. The molecule has 0 amide bonds. The summed E-state index contributed by atoms with van der Waals surface area (Å²) in [7, 11) is 0. The van der Waals surface area contributed by atoms with Crippen LogP contribution >= 0.6 is 0 Å². The fourth-order valence-corrected chi connectivity index (χ4v) is 1.89. The zero-order valence-electron chi connectivity index (χ0n) is 7.79. The van der Waals surface area contributed by atoms with E-state index in [1.807, 2.05) is 12.1 Å². The van der Waals surface area contributed by atoms with Crippen molar-refractivity contribution in [1.29, 1.82) is 0 Å². The quantitative estimate of drug-likeness (QED) is 0.754. The molecular formula is C11H14O2. The molecule has 2 aliphatic rings. The summed E-state index contributed by atoms with van der Waals surface area (Å²) in [5.74, 6) is 3.24. The highest BCUT2D eigenvalue weighted by Crippen LogP contribution is 2.51. The molecule has 2 saturated carbocycles. The van der Waals surface area contributed by atoms with Crippen molar-refractivity contribution in [1.82, 2.24) is 0 Å². The van der Waals surface area contributed by atoms with E-state index in [9.17, 15) is 5.11 Å². The van der Waals surface area contributed by atoms with Crippen LogP contribution in [0.2, 0.25) is 0 Å². The standard InChI is InChI=1S/C11H14O2/c1-7-6-8(7)9-2-3-10(13-9)11(12)4-5-11/h2-3,7-8,12H,4-6H2,1H3. The van der Waals surface area contributed by atoms with Crippen molar-refractivity contribution in [3.8, 4) is 0 Å². The van der Waals surface area contributed by atoms with Crippen LogP contribution < -0.4 is 0 Å². The van der Waals surface area contributed by atoms with Crippen molar-refractivity contribution in [3.05, 3.63) is 23.7 Å². The summed E-state index contributed by atoms with van der Waals surface area (Å²) in [6.07, 6.45) is 2.96. The average molecular weight is 178 g/mol. The van der Waals surface area contributed by atoms with Gasteiger partial charge in [-0.25, -0.2) is 0 Å². The molecule has 2 heteroatoms. The maximum Gasteiger partial charge on any atom is 0.135 e. The topological polar surface area (TPSA) is 33.4 Å². The molecule has 13 heavy (non-hydrogen) atoms. The molecule has 0 radical (unpaired) electrons. The van der Waals surface area contributed by atoms with E-state index < -0.39 is 5.60 Å². The first-order chi connectivity index (χ1) is 6.19. The zero-order valence-corrected chi connectivity index (χ0v) is 7.79. The second-order valence-electron chi connectivity index (χ2n) is 4.55. The summed E-state index contributed by atoms with van der Waals surface area (Å²) in [5, 5.41) is 9.79. The summed E-state index contributed by atoms with van der Waals surface area (Å²) in [6.45, 7) is 2.23. The third kappa shape index (κ3) is 1.12. The van der Waals surface area contributed by atoms with Crippen molar-refractivity contribution >= 4 is 0 Å². The van der Waals surface area contributed by atoms with Gasteiger partial charge in [-0.05, 0) is 37.3 Å². The molecule has 1 N–H and O–H groups in total. The van der Waals surface area contributed by atoms with Crippen LogP contribution in [0.15, 0.2) is 16.5 Å². The maximum absolute atomic E-state index is 9.79. The molecular weight excluding hydrogens is 164 g/mol. The Morgan fingerprint density at radius 2 is 2.15 bits per heavy atom. The summed E-state index contributed by atoms with van der Waals surface area (Å²) in [5.41, 5.74) is -0.601. The Morgan fingerprint density at radius 1 is 1.46 bits per heavy atom. The predicted molar refractivity (Wildman–Crippen MR) is 48.4 cm³/mol. The van der Waals surface area contributed by atoms with Crippen molar-refractivity contribution in [2.24, 2.45) is 5.92 Å². The number of aliphatic hydroxyl groups is 1. The minimum atomic E-state index is -0.601. The summed E-state index contributed by atoms with van der Waals surface area (Å²) in [6, 6.07) is 3.97. The normalized spacial score (nSPS) is 34.6. The van der Waals surface area contributed by atoms with Crippen molar-refractivity contribution in [2.75, 3.05) is 0 Å². The molecule has 0 aliphatic heterocycles. The maximum atomic E-state index is 9.79. The molecule has 2 nitrogen and oxygen atoms in total. The van der Waals surface area contributed by atoms with Crippen molar-refractivity contribution in [2.45, 2.75) is 37.7 Å². The summed E-state index contributed by atoms with van der Waals surface area (Å²) < 4.78 is 5.65. The van der Waals surface area contributed by atoms with Crippen LogP contribution in [-0.4, -0.2) is 5.11 Å². The number of rotatable bonds is 2. The van der Waals surface area contributed by atoms with E-state index in [4.69, 9.17) is 4.42 Å². The van der Waals surface area contributed by atoms with Crippen molar-refractivity contribution in [3.63, 3.8) is 0 Å². The van der Waals surface area contributed by atoms with Gasteiger partial charge in [0.05, 0.1) is 0 Å². The lowest BCUT2D eigenvalue weighted by atomic mass is 10.2. The van der Waals surface area contributed by atoms with Crippen molar-refractivity contribution < 1.29 is 9.52 Å². The first-order valence-corrected chi connectivity index (χ1v) is 5.02. The molecule has 2 fully saturated rings. The Labute approximate surface area is 77.6 Å². The first-order valence-electron chi connectivity index (χ1n) is 5.02. The van der Waals surface area contributed by atoms with Gasteiger partial charge in [0.2, 0.25) is 0 Å². The third-order valence-electron chi connectivity index (χ3n) is 3.28. The average Bonchev–Trinajstić information content (AvgIpc) is 2.97. The lowest BCUT2D eigenvalue weighted by molar-refractivity contribution is 0.121. The largest absolute Gasteiger partial charge is 0.463 e. The van der Waals surface area contributed by atoms with Gasteiger partial charge in [-0.15, -0.1) is 0 Å². The van der Waals surface area contributed by atoms with Gasteiger partial charge in [-0.2, -0.15) is 0 Å². The number of hydrogen-bond donors (Lipinski definition) is 1. The van der Waals surface area contributed by atoms with E-state index in [2.05, 4.69) is 6.92 Å². The molecule has 3 rings (SSSR count). The van der Waals surface area contributed by atoms with Gasteiger partial charge in [0.15, 0.2) is 0 Å². The van der Waals surface area contributed by atoms with E-state index in [0.29, 0.717) is 5.92 Å². The number of hydrogen-bond acceptors (Lipinski definition) is 2. The van der Waals surface area contributed by atoms with Crippen LogP contribution in [0.1, 0.15) is 43.6 Å². The lowest BCUT2D eigenvalue weighted by Crippen LogP contribution is -2.01. The van der Waals surface area contributed by atoms with Gasteiger partial charge >= 0.3 is 0 Å². The Kier molecular flexibility index (Phi) is 1.28. The Bertz CT molecular complexity index is 336. The molecule has 70 valence electrons. The Balaban J connectivity index is 1.86. The predicted octanol–water partition coefficient (Wildman–Crippen LogP) is 2.38. The molecule has 0 bridgehead atoms. The van der Waals surface area contributed by atoms with Gasteiger partial charge in [0, 0.05) is 5.92 Å². The minimum Gasteiger partial charge on any atom is -0.463 e. The van der Waals surface area contributed by atoms with Crippen LogP contribution in [0.4, 0.5) is 0 Å². The van der Waals surface area contributed by atoms with Gasteiger partial charge in [0.25, 0.3) is 0 Å². The van der Waals surface area contributed by atoms with E-state index in [0.717, 1.165) is 30.3 Å². The van der Waals surface area contributed by atoms with E-state index in [-0.39, 0.29) is 0 Å². The van der Waals surface area contributed by atoms with Crippen LogP contribution in [0.5, 0.6) is 0 Å². The molecule has 0 spiro atoms. The fraction of sp³-hybridized carbons (Fsp3) is 0.636. The fourth-order valence-electron chi connectivity index (χ4n) is 1.89. The molecule has 1 heterocycles. The van der Waals surface area contributed by atoms with Crippen LogP contribution in [0, 0.1) is 5.92 Å². The van der Waals surface area contributed by atoms with Crippen LogP contribution in [-0.2, 0) is 5.60 Å². The highest BCUT2D eigenvalue weighted by atomic mass is 16.4. The van der Waals surface area contributed by atoms with Gasteiger partial charge in [0.1, 0.15) is 17.1 Å². The van der Waals surface area contributed by atoms with E-state index in [1.54, 1.807) is 0 Å². The lowest BCUT2D eigenvalue weighted by Gasteiger charge is -2.01. The second-order valence-corrected chi connectivity index (χ2v) is 4.55. The SMILES string of the molecule is CC1CC1c1ccc(C2(O)CC2)o1. The molecule has 0 saturated heterocycles. The molecule has 1 aromatic rings. The molecule has 2 atom stereocenters. The smallest absolute Gasteiger partial charge is 0.135 e. The van der Waals surface area contributed by atoms with Gasteiger partial charge < -0.3 is 9.52 Å². The molecule has 1 aromatic heterocycles. The monoisotopic (exact) mass is 178 g/mol. The van der Waals surface area contributed by atoms with E-state index in [1.165, 1.54) is 6.42 Å². The second kappa shape index (κ2) is 2.18. The minimum absolute atomic E-state index is 0.601. The Morgan fingerprint density at radius 3 is 2.69 bits per heavy atom. The van der Waals surface area contributed by atoms with Gasteiger partial charge in [-0.3, -0.25) is 0 Å². The highest BCUT2D eigenvalue weighted by Gasteiger charge is 2.46. The molecule has 2 aliphatic carbocycles. The number of furan rings is 1. The van der Waals surface area contributed by atoms with Gasteiger partial charge in [-0.1, -0.05) is 6.92 Å². The third-order valence-corrected chi connectivity index (χ3v) is 3.28. The van der Waals surface area contributed by atoms with Crippen LogP contribution in [0.25, 0.3) is 0 Å². The zero-order chi connectivity index (χ0) is 9.05. The Hall–Kier alpha value is -0.760. The van der Waals surface area contributed by atoms with E-state index >= 15 is 0 Å². The van der Waals surface area contributed by atoms with Crippen LogP contribution in [0.3, 0.4) is 0 Å². The molecule has 2 unspecified atom stereocenters. The molecule has 0 aromatic carbocycles. The summed E-state index contributed by atoms with van der Waals surface area (Å²) in [4.78, 5) is 0.